The first-order valence-electron chi connectivity index (χ1n) is 5.08. The van der Waals surface area contributed by atoms with Crippen LogP contribution in [-0.2, 0) is 6.54 Å². The predicted molar refractivity (Wildman–Crippen MR) is 67.3 cm³/mol. The Morgan fingerprint density at radius 2 is 2.31 bits per heavy atom. The van der Waals surface area contributed by atoms with Gasteiger partial charge in [0.2, 0.25) is 0 Å². The van der Waals surface area contributed by atoms with E-state index in [-0.39, 0.29) is 5.82 Å². The van der Waals surface area contributed by atoms with Gasteiger partial charge in [-0.2, -0.15) is 0 Å². The minimum Gasteiger partial charge on any atom is -0.488 e. The van der Waals surface area contributed by atoms with Gasteiger partial charge >= 0.3 is 0 Å². The molecule has 0 heterocycles. The van der Waals surface area contributed by atoms with E-state index < -0.39 is 0 Å². The molecule has 1 rings (SSSR count). The molecular formula is C12H15BrFNO. The maximum Gasteiger partial charge on any atom is 0.124 e. The van der Waals surface area contributed by atoms with Crippen LogP contribution in [0.25, 0.3) is 0 Å². The van der Waals surface area contributed by atoms with E-state index in [1.807, 2.05) is 6.92 Å². The van der Waals surface area contributed by atoms with E-state index in [1.54, 1.807) is 6.07 Å². The summed E-state index contributed by atoms with van der Waals surface area (Å²) in [6, 6.07) is 4.51. The third-order valence-corrected chi connectivity index (χ3v) is 2.20. The van der Waals surface area contributed by atoms with Crippen molar-refractivity contribution in [2.75, 3.05) is 13.2 Å². The Labute approximate surface area is 104 Å². The first-order valence-corrected chi connectivity index (χ1v) is 5.88. The Morgan fingerprint density at radius 1 is 1.56 bits per heavy atom. The van der Waals surface area contributed by atoms with E-state index >= 15 is 0 Å². The van der Waals surface area contributed by atoms with E-state index in [0.29, 0.717) is 18.9 Å². The average molecular weight is 288 g/mol. The lowest BCUT2D eigenvalue weighted by molar-refractivity contribution is 0.355. The smallest absolute Gasteiger partial charge is 0.124 e. The SMILES string of the molecule is C=C(Br)COc1ccc(F)cc1CNCC. The van der Waals surface area contributed by atoms with Crippen molar-refractivity contribution in [3.05, 3.63) is 40.6 Å². The topological polar surface area (TPSA) is 21.3 Å². The molecule has 0 bridgehead atoms. The van der Waals surface area contributed by atoms with Crippen molar-refractivity contribution in [1.82, 2.24) is 5.32 Å². The summed E-state index contributed by atoms with van der Waals surface area (Å²) in [5, 5.41) is 3.14. The maximum absolute atomic E-state index is 13.1. The predicted octanol–water partition coefficient (Wildman–Crippen LogP) is 3.22. The zero-order valence-electron chi connectivity index (χ0n) is 9.22. The third kappa shape index (κ3) is 4.33. The molecule has 0 aromatic heterocycles. The van der Waals surface area contributed by atoms with Crippen LogP contribution in [0.4, 0.5) is 4.39 Å². The van der Waals surface area contributed by atoms with Gasteiger partial charge in [0.1, 0.15) is 18.2 Å². The summed E-state index contributed by atoms with van der Waals surface area (Å²) in [4.78, 5) is 0. The van der Waals surface area contributed by atoms with Crippen molar-refractivity contribution in [3.8, 4) is 5.75 Å². The van der Waals surface area contributed by atoms with E-state index in [1.165, 1.54) is 12.1 Å². The van der Waals surface area contributed by atoms with Crippen molar-refractivity contribution in [3.63, 3.8) is 0 Å². The van der Waals surface area contributed by atoms with Crippen LogP contribution in [0.3, 0.4) is 0 Å². The second kappa shape index (κ2) is 6.66. The molecule has 16 heavy (non-hydrogen) atoms. The summed E-state index contributed by atoms with van der Waals surface area (Å²) in [6.45, 7) is 7.49. The van der Waals surface area contributed by atoms with E-state index in [4.69, 9.17) is 4.74 Å². The molecule has 0 atom stereocenters. The largest absolute Gasteiger partial charge is 0.488 e. The van der Waals surface area contributed by atoms with Crippen LogP contribution >= 0.6 is 15.9 Å². The summed E-state index contributed by atoms with van der Waals surface area (Å²) in [7, 11) is 0. The number of rotatable bonds is 6. The normalized spacial score (nSPS) is 10.2. The van der Waals surface area contributed by atoms with Crippen molar-refractivity contribution in [2.45, 2.75) is 13.5 Å². The number of hydrogen-bond donors (Lipinski definition) is 1. The van der Waals surface area contributed by atoms with E-state index in [0.717, 1.165) is 16.6 Å². The molecule has 0 spiro atoms. The van der Waals surface area contributed by atoms with Crippen molar-refractivity contribution >= 4 is 15.9 Å². The Balaban J connectivity index is 2.76. The minimum atomic E-state index is -0.252. The lowest BCUT2D eigenvalue weighted by Gasteiger charge is -2.11. The first kappa shape index (κ1) is 13.2. The van der Waals surface area contributed by atoms with Gasteiger partial charge in [-0.05, 0) is 24.7 Å². The fourth-order valence-corrected chi connectivity index (χ4v) is 1.36. The second-order valence-electron chi connectivity index (χ2n) is 3.34. The van der Waals surface area contributed by atoms with Crippen molar-refractivity contribution < 1.29 is 9.13 Å². The number of nitrogens with one attached hydrogen (secondary N) is 1. The van der Waals surface area contributed by atoms with Crippen LogP contribution in [0.1, 0.15) is 12.5 Å². The number of hydrogen-bond acceptors (Lipinski definition) is 2. The van der Waals surface area contributed by atoms with Gasteiger partial charge in [0, 0.05) is 16.6 Å². The van der Waals surface area contributed by atoms with E-state index in [2.05, 4.69) is 27.8 Å². The molecule has 0 saturated carbocycles. The van der Waals surface area contributed by atoms with Gasteiger partial charge < -0.3 is 10.1 Å². The van der Waals surface area contributed by atoms with Crippen molar-refractivity contribution in [2.24, 2.45) is 0 Å². The highest BCUT2D eigenvalue weighted by Crippen LogP contribution is 2.20. The zero-order chi connectivity index (χ0) is 12.0. The van der Waals surface area contributed by atoms with Crippen LogP contribution < -0.4 is 10.1 Å². The number of halogens is 2. The Kier molecular flexibility index (Phi) is 5.49. The van der Waals surface area contributed by atoms with Crippen LogP contribution in [0.2, 0.25) is 0 Å². The van der Waals surface area contributed by atoms with Crippen LogP contribution in [0.15, 0.2) is 29.3 Å². The molecule has 0 unspecified atom stereocenters. The zero-order valence-corrected chi connectivity index (χ0v) is 10.8. The standard InChI is InChI=1S/C12H15BrFNO/c1-3-15-7-10-6-11(14)4-5-12(10)16-8-9(2)13/h4-6,15H,2-3,7-8H2,1H3. The fourth-order valence-electron chi connectivity index (χ4n) is 1.24. The molecule has 1 N–H and O–H groups in total. The van der Waals surface area contributed by atoms with Crippen LogP contribution in [-0.4, -0.2) is 13.2 Å². The van der Waals surface area contributed by atoms with Gasteiger partial charge in [0.25, 0.3) is 0 Å². The van der Waals surface area contributed by atoms with Gasteiger partial charge in [-0.15, -0.1) is 0 Å². The van der Waals surface area contributed by atoms with Gasteiger partial charge in [0.05, 0.1) is 0 Å². The summed E-state index contributed by atoms with van der Waals surface area (Å²) in [5.41, 5.74) is 0.815. The first-order chi connectivity index (χ1) is 7.63. The van der Waals surface area contributed by atoms with Gasteiger partial charge in [-0.1, -0.05) is 29.4 Å². The quantitative estimate of drug-likeness (QED) is 0.867. The third-order valence-electron chi connectivity index (χ3n) is 1.97. The molecule has 0 aliphatic heterocycles. The molecule has 1 aromatic rings. The fraction of sp³-hybridized carbons (Fsp3) is 0.333. The lowest BCUT2D eigenvalue weighted by Crippen LogP contribution is -2.13. The molecule has 0 aliphatic carbocycles. The molecule has 0 saturated heterocycles. The molecule has 2 nitrogen and oxygen atoms in total. The van der Waals surface area contributed by atoms with Crippen LogP contribution in [0, 0.1) is 5.82 Å². The summed E-state index contributed by atoms with van der Waals surface area (Å²) >= 11 is 3.21. The van der Waals surface area contributed by atoms with E-state index in [9.17, 15) is 4.39 Å². The molecule has 4 heteroatoms. The maximum atomic E-state index is 13.1. The highest BCUT2D eigenvalue weighted by atomic mass is 79.9. The summed E-state index contributed by atoms with van der Waals surface area (Å²) in [5.74, 6) is 0.431. The second-order valence-corrected chi connectivity index (χ2v) is 4.46. The molecule has 0 radical (unpaired) electrons. The number of benzene rings is 1. The molecule has 1 aromatic carbocycles. The Hall–Kier alpha value is -0.870. The Bertz CT molecular complexity index is 368. The van der Waals surface area contributed by atoms with Gasteiger partial charge in [-0.3, -0.25) is 0 Å². The monoisotopic (exact) mass is 287 g/mol. The highest BCUT2D eigenvalue weighted by molar-refractivity contribution is 9.11. The van der Waals surface area contributed by atoms with Gasteiger partial charge in [0.15, 0.2) is 0 Å². The van der Waals surface area contributed by atoms with Crippen molar-refractivity contribution in [1.29, 1.82) is 0 Å². The minimum absolute atomic E-state index is 0.252. The molecular weight excluding hydrogens is 273 g/mol. The highest BCUT2D eigenvalue weighted by Gasteiger charge is 2.05. The lowest BCUT2D eigenvalue weighted by atomic mass is 10.2. The number of ether oxygens (including phenoxy) is 1. The molecule has 88 valence electrons. The Morgan fingerprint density at radius 3 is 2.94 bits per heavy atom. The molecule has 0 amide bonds. The molecule has 0 fully saturated rings. The molecule has 0 aliphatic rings. The van der Waals surface area contributed by atoms with Crippen LogP contribution in [0.5, 0.6) is 5.75 Å². The summed E-state index contributed by atoms with van der Waals surface area (Å²) < 4.78 is 19.3. The average Bonchev–Trinajstić information content (AvgIpc) is 2.24. The van der Waals surface area contributed by atoms with Gasteiger partial charge in [-0.25, -0.2) is 4.39 Å². The summed E-state index contributed by atoms with van der Waals surface area (Å²) in [6.07, 6.45) is 0.